The first-order chi connectivity index (χ1) is 10.4. The highest BCUT2D eigenvalue weighted by Crippen LogP contribution is 2.18. The van der Waals surface area contributed by atoms with E-state index < -0.39 is 11.9 Å². The minimum absolute atomic E-state index is 0.0712. The van der Waals surface area contributed by atoms with Gasteiger partial charge in [-0.05, 0) is 12.8 Å². The van der Waals surface area contributed by atoms with E-state index in [2.05, 4.69) is 9.97 Å². The molecule has 0 saturated heterocycles. The minimum atomic E-state index is -0.658. The summed E-state index contributed by atoms with van der Waals surface area (Å²) >= 11 is 5.75. The van der Waals surface area contributed by atoms with Gasteiger partial charge >= 0.3 is 0 Å². The number of nitrogens with zero attached hydrogens (tertiary/aromatic N) is 3. The van der Waals surface area contributed by atoms with Crippen molar-refractivity contribution in [2.75, 3.05) is 31.2 Å². The van der Waals surface area contributed by atoms with Gasteiger partial charge < -0.3 is 21.9 Å². The number of aromatic nitrogens is 2. The summed E-state index contributed by atoms with van der Waals surface area (Å²) in [5.74, 6) is -1.32. The molecule has 0 unspecified atom stereocenters. The van der Waals surface area contributed by atoms with Gasteiger partial charge in [-0.15, -0.1) is 0 Å². The quantitative estimate of drug-likeness (QED) is 0.321. The number of guanidine groups is 1. The Morgan fingerprint density at radius 3 is 2.59 bits per heavy atom. The molecule has 0 aliphatic heterocycles. The van der Waals surface area contributed by atoms with Crippen LogP contribution >= 0.6 is 11.6 Å². The SMILES string of the molecule is CCCOCCCN(C(=N)N)C(=O)c1nc(Cl)c(N)nc1N. The van der Waals surface area contributed by atoms with Crippen LogP contribution in [0.15, 0.2) is 0 Å². The van der Waals surface area contributed by atoms with Crippen molar-refractivity contribution in [2.24, 2.45) is 5.73 Å². The third-order valence-electron chi connectivity index (χ3n) is 2.66. The molecule has 10 heteroatoms. The van der Waals surface area contributed by atoms with Crippen LogP contribution < -0.4 is 17.2 Å². The van der Waals surface area contributed by atoms with Crippen molar-refractivity contribution in [1.29, 1.82) is 5.41 Å². The lowest BCUT2D eigenvalue weighted by Gasteiger charge is -2.20. The fraction of sp³-hybridized carbons (Fsp3) is 0.500. The molecule has 0 aliphatic rings. The van der Waals surface area contributed by atoms with Gasteiger partial charge in [-0.1, -0.05) is 18.5 Å². The predicted molar refractivity (Wildman–Crippen MR) is 84.5 cm³/mol. The molecule has 1 amide bonds. The molecule has 1 aromatic rings. The molecule has 0 aromatic carbocycles. The third kappa shape index (κ3) is 4.71. The first kappa shape index (κ1) is 17.9. The number of nitrogens with two attached hydrogens (primary N) is 3. The molecular weight excluding hydrogens is 310 g/mol. The number of hydrogen-bond donors (Lipinski definition) is 4. The maximum Gasteiger partial charge on any atom is 0.283 e. The van der Waals surface area contributed by atoms with E-state index in [1.807, 2.05) is 6.92 Å². The number of carbonyl (C=O) groups excluding carboxylic acids is 1. The van der Waals surface area contributed by atoms with E-state index in [9.17, 15) is 4.79 Å². The van der Waals surface area contributed by atoms with E-state index in [-0.39, 0.29) is 29.0 Å². The van der Waals surface area contributed by atoms with E-state index in [4.69, 9.17) is 38.9 Å². The minimum Gasteiger partial charge on any atom is -0.382 e. The second kappa shape index (κ2) is 8.35. The third-order valence-corrected chi connectivity index (χ3v) is 2.94. The van der Waals surface area contributed by atoms with E-state index in [0.717, 1.165) is 11.3 Å². The molecule has 0 saturated carbocycles. The number of nitrogen functional groups attached to an aromatic ring is 2. The average molecular weight is 330 g/mol. The number of halogens is 1. The number of ether oxygens (including phenoxy) is 1. The summed E-state index contributed by atoms with van der Waals surface area (Å²) in [6.45, 7) is 3.28. The lowest BCUT2D eigenvalue weighted by molar-refractivity contribution is 0.0814. The highest BCUT2D eigenvalue weighted by Gasteiger charge is 2.23. The molecule has 0 fully saturated rings. The van der Waals surface area contributed by atoms with E-state index >= 15 is 0 Å². The summed E-state index contributed by atoms with van der Waals surface area (Å²) in [5, 5.41) is 7.38. The second-order valence-corrected chi connectivity index (χ2v) is 4.80. The number of anilines is 2. The Morgan fingerprint density at radius 1 is 1.32 bits per heavy atom. The van der Waals surface area contributed by atoms with Crippen molar-refractivity contribution < 1.29 is 9.53 Å². The van der Waals surface area contributed by atoms with Crippen molar-refractivity contribution >= 4 is 35.1 Å². The van der Waals surface area contributed by atoms with Gasteiger partial charge in [0.25, 0.3) is 5.91 Å². The molecule has 122 valence electrons. The van der Waals surface area contributed by atoms with Crippen LogP contribution in [0.3, 0.4) is 0 Å². The monoisotopic (exact) mass is 329 g/mol. The highest BCUT2D eigenvalue weighted by atomic mass is 35.5. The van der Waals surface area contributed by atoms with Crippen LogP contribution in [-0.2, 0) is 4.74 Å². The maximum absolute atomic E-state index is 12.4. The number of carbonyl (C=O) groups is 1. The van der Waals surface area contributed by atoms with Crippen molar-refractivity contribution in [3.05, 3.63) is 10.8 Å². The van der Waals surface area contributed by atoms with Gasteiger partial charge in [0.15, 0.2) is 28.4 Å². The first-order valence-electron chi connectivity index (χ1n) is 6.70. The average Bonchev–Trinajstić information content (AvgIpc) is 2.45. The smallest absolute Gasteiger partial charge is 0.283 e. The molecule has 1 rings (SSSR count). The second-order valence-electron chi connectivity index (χ2n) is 4.44. The molecule has 0 radical (unpaired) electrons. The van der Waals surface area contributed by atoms with Crippen molar-refractivity contribution in [3.63, 3.8) is 0 Å². The number of hydrogen-bond acceptors (Lipinski definition) is 7. The molecule has 1 aromatic heterocycles. The van der Waals surface area contributed by atoms with Crippen molar-refractivity contribution in [3.8, 4) is 0 Å². The largest absolute Gasteiger partial charge is 0.382 e. The predicted octanol–water partition coefficient (Wildman–Crippen LogP) is 0.447. The number of nitrogens with one attached hydrogen (secondary N) is 1. The Kier molecular flexibility index (Phi) is 6.80. The van der Waals surface area contributed by atoms with E-state index in [1.165, 1.54) is 0 Å². The zero-order valence-electron chi connectivity index (χ0n) is 12.3. The zero-order chi connectivity index (χ0) is 16.7. The summed E-state index contributed by atoms with van der Waals surface area (Å²) < 4.78 is 5.32. The van der Waals surface area contributed by atoms with Crippen LogP contribution in [0.1, 0.15) is 30.3 Å². The summed E-state index contributed by atoms with van der Waals surface area (Å²) in [6, 6.07) is 0. The lowest BCUT2D eigenvalue weighted by Crippen LogP contribution is -2.43. The molecule has 0 atom stereocenters. The summed E-state index contributed by atoms with van der Waals surface area (Å²) in [7, 11) is 0. The molecule has 0 aliphatic carbocycles. The molecule has 22 heavy (non-hydrogen) atoms. The Morgan fingerprint density at radius 2 is 2.00 bits per heavy atom. The molecular formula is C12H20ClN7O2. The Hall–Kier alpha value is -2.13. The molecule has 0 bridgehead atoms. The Bertz CT molecular complexity index is 553. The van der Waals surface area contributed by atoms with Gasteiger partial charge in [0.05, 0.1) is 0 Å². The van der Waals surface area contributed by atoms with Crippen LogP contribution in [0.25, 0.3) is 0 Å². The van der Waals surface area contributed by atoms with Gasteiger partial charge in [0.1, 0.15) is 0 Å². The lowest BCUT2D eigenvalue weighted by atomic mass is 10.3. The number of amides is 1. The summed E-state index contributed by atoms with van der Waals surface area (Å²) in [6.07, 6.45) is 1.42. The van der Waals surface area contributed by atoms with Gasteiger partial charge in [-0.25, -0.2) is 9.97 Å². The Labute approximate surface area is 133 Å². The maximum atomic E-state index is 12.4. The van der Waals surface area contributed by atoms with Crippen LogP contribution in [0.5, 0.6) is 0 Å². The molecule has 1 heterocycles. The molecule has 7 N–H and O–H groups in total. The van der Waals surface area contributed by atoms with Crippen molar-refractivity contribution in [2.45, 2.75) is 19.8 Å². The van der Waals surface area contributed by atoms with Gasteiger partial charge in [0.2, 0.25) is 0 Å². The fourth-order valence-electron chi connectivity index (χ4n) is 1.63. The van der Waals surface area contributed by atoms with Gasteiger partial charge in [-0.3, -0.25) is 15.1 Å². The van der Waals surface area contributed by atoms with Crippen molar-refractivity contribution in [1.82, 2.24) is 14.9 Å². The van der Waals surface area contributed by atoms with Crippen LogP contribution in [0.4, 0.5) is 11.6 Å². The first-order valence-corrected chi connectivity index (χ1v) is 7.08. The summed E-state index contributed by atoms with van der Waals surface area (Å²) in [4.78, 5) is 20.9. The standard InChI is InChI=1S/C12H20ClN7O2/c1-2-5-22-6-3-4-20(12(16)17)11(21)7-9(14)19-10(15)8(13)18-7/h2-6H2,1H3,(H3,16,17)(H4,14,15,19). The summed E-state index contributed by atoms with van der Waals surface area (Å²) in [5.41, 5.74) is 16.3. The van der Waals surface area contributed by atoms with Crippen LogP contribution in [-0.4, -0.2) is 46.5 Å². The fourth-order valence-corrected chi connectivity index (χ4v) is 1.76. The zero-order valence-corrected chi connectivity index (χ0v) is 13.1. The normalized spacial score (nSPS) is 10.5. The Balaban J connectivity index is 2.81. The molecule has 9 nitrogen and oxygen atoms in total. The van der Waals surface area contributed by atoms with Gasteiger partial charge in [0, 0.05) is 19.8 Å². The van der Waals surface area contributed by atoms with Crippen LogP contribution in [0.2, 0.25) is 5.15 Å². The highest BCUT2D eigenvalue weighted by molar-refractivity contribution is 6.31. The van der Waals surface area contributed by atoms with Gasteiger partial charge in [-0.2, -0.15) is 0 Å². The molecule has 0 spiro atoms. The topological polar surface area (TPSA) is 157 Å². The van der Waals surface area contributed by atoms with Crippen LogP contribution in [0, 0.1) is 5.41 Å². The van der Waals surface area contributed by atoms with E-state index in [0.29, 0.717) is 19.6 Å². The van der Waals surface area contributed by atoms with E-state index in [1.54, 1.807) is 0 Å². The number of rotatable bonds is 7.